The van der Waals surface area contributed by atoms with Crippen molar-refractivity contribution < 1.29 is 0 Å². The molecule has 0 fully saturated rings. The van der Waals surface area contributed by atoms with Crippen molar-refractivity contribution in [2.45, 2.75) is 65.2 Å². The highest BCUT2D eigenvalue weighted by Crippen LogP contribution is 2.56. The molecule has 0 saturated heterocycles. The predicted molar refractivity (Wildman–Crippen MR) is 124 cm³/mol. The molecule has 3 nitrogen and oxygen atoms in total. The second-order valence-electron chi connectivity index (χ2n) is 8.96. The molecule has 2 rings (SSSR count). The highest BCUT2D eigenvalue weighted by atomic mass is 31.2. The van der Waals surface area contributed by atoms with Crippen LogP contribution in [0.3, 0.4) is 0 Å². The number of allylic oxidation sites excluding steroid dienone is 4. The molecule has 26 heavy (non-hydrogen) atoms. The predicted octanol–water partition coefficient (Wildman–Crippen LogP) is 5.82. The van der Waals surface area contributed by atoms with E-state index in [-0.39, 0.29) is 0 Å². The molecule has 0 aromatic rings. The summed E-state index contributed by atoms with van der Waals surface area (Å²) in [5, 5.41) is 0. The van der Waals surface area contributed by atoms with Gasteiger partial charge in [-0.15, -0.1) is 0 Å². The van der Waals surface area contributed by atoms with Crippen molar-refractivity contribution in [2.75, 3.05) is 13.1 Å². The van der Waals surface area contributed by atoms with E-state index in [1.807, 2.05) is 0 Å². The minimum Gasteiger partial charge on any atom is -0.270 e. The summed E-state index contributed by atoms with van der Waals surface area (Å²) in [5.74, 6) is 0. The molecule has 0 heterocycles. The Labute approximate surface area is 165 Å². The van der Waals surface area contributed by atoms with Crippen LogP contribution in [0.4, 0.5) is 0 Å². The first-order valence-corrected chi connectivity index (χ1v) is 18.0. The van der Waals surface area contributed by atoms with Gasteiger partial charge in [-0.1, -0.05) is 102 Å². The summed E-state index contributed by atoms with van der Waals surface area (Å²) in [7, 11) is -3.64. The first-order valence-electron chi connectivity index (χ1n) is 9.94. The zero-order valence-electron chi connectivity index (χ0n) is 18.0. The minimum absolute atomic E-state index is 0.432. The van der Waals surface area contributed by atoms with E-state index in [1.54, 1.807) is 0 Å². The first kappa shape index (κ1) is 22.0. The third kappa shape index (κ3) is 4.95. The van der Waals surface area contributed by atoms with Crippen LogP contribution in [0, 0.1) is 0 Å². The van der Waals surface area contributed by atoms with Gasteiger partial charge in [0.25, 0.3) is 0 Å². The molecule has 0 spiro atoms. The third-order valence-corrected chi connectivity index (χ3v) is 15.2. The summed E-state index contributed by atoms with van der Waals surface area (Å²) < 4.78 is 8.55. The monoisotopic (exact) mass is 407 g/mol. The van der Waals surface area contributed by atoms with Crippen molar-refractivity contribution in [3.63, 3.8) is 0 Å². The Morgan fingerprint density at radius 2 is 0.962 bits per heavy atom. The lowest BCUT2D eigenvalue weighted by molar-refractivity contribution is 0.421. The van der Waals surface area contributed by atoms with Crippen LogP contribution >= 0.6 is 8.37 Å². The smallest absolute Gasteiger partial charge is 0.127 e. The molecule has 0 N–H and O–H groups in total. The van der Waals surface area contributed by atoms with Gasteiger partial charge in [-0.05, 0) is 0 Å². The van der Waals surface area contributed by atoms with Gasteiger partial charge in [0.1, 0.15) is 24.8 Å². The summed E-state index contributed by atoms with van der Waals surface area (Å²) in [6.45, 7) is 21.9. The Bertz CT molecular complexity index is 513. The molecule has 6 heteroatoms. The molecule has 0 aromatic heterocycles. The van der Waals surface area contributed by atoms with Crippen LogP contribution in [0.1, 0.15) is 13.8 Å². The summed E-state index contributed by atoms with van der Waals surface area (Å²) in [5.41, 5.74) is 0. The van der Waals surface area contributed by atoms with E-state index >= 15 is 0 Å². The van der Waals surface area contributed by atoms with Crippen LogP contribution in [0.15, 0.2) is 48.6 Å². The molecule has 0 bridgehead atoms. The maximum Gasteiger partial charge on any atom is 0.127 e. The van der Waals surface area contributed by atoms with Crippen molar-refractivity contribution in [3.05, 3.63) is 48.6 Å². The lowest BCUT2D eigenvalue weighted by Crippen LogP contribution is -2.58. The van der Waals surface area contributed by atoms with Gasteiger partial charge in [0.15, 0.2) is 0 Å². The van der Waals surface area contributed by atoms with E-state index in [1.165, 1.54) is 0 Å². The van der Waals surface area contributed by atoms with Crippen LogP contribution in [0.2, 0.25) is 39.3 Å². The highest BCUT2D eigenvalue weighted by Gasteiger charge is 2.46. The van der Waals surface area contributed by atoms with E-state index in [0.29, 0.717) is 12.1 Å². The van der Waals surface area contributed by atoms with E-state index in [2.05, 4.69) is 115 Å². The van der Waals surface area contributed by atoms with Gasteiger partial charge in [0.2, 0.25) is 0 Å². The van der Waals surface area contributed by atoms with Gasteiger partial charge in [-0.2, -0.15) is 0 Å². The Balaban J connectivity index is 2.58. The number of nitrogens with zero attached hydrogens (tertiary/aromatic N) is 3. The Morgan fingerprint density at radius 1 is 0.654 bits per heavy atom. The van der Waals surface area contributed by atoms with Crippen molar-refractivity contribution >= 4 is 24.8 Å². The average molecular weight is 408 g/mol. The molecule has 0 unspecified atom stereocenters. The fourth-order valence-electron chi connectivity index (χ4n) is 3.69. The van der Waals surface area contributed by atoms with Gasteiger partial charge in [-0.3, -0.25) is 13.3 Å². The van der Waals surface area contributed by atoms with Gasteiger partial charge >= 0.3 is 0 Å². The fourth-order valence-corrected chi connectivity index (χ4v) is 13.8. The molecule has 146 valence electrons. The third-order valence-electron chi connectivity index (χ3n) is 4.76. The highest BCUT2D eigenvalue weighted by molar-refractivity contribution is 7.55. The summed E-state index contributed by atoms with van der Waals surface area (Å²) in [4.78, 5) is 0. The number of hydrogen-bond acceptors (Lipinski definition) is 3. The maximum atomic E-state index is 2.91. The fraction of sp³-hybridized carbons (Fsp3) is 0.600. The van der Waals surface area contributed by atoms with Crippen molar-refractivity contribution in [1.29, 1.82) is 0 Å². The number of rotatable bonds is 9. The Kier molecular flexibility index (Phi) is 7.45. The van der Waals surface area contributed by atoms with Crippen molar-refractivity contribution in [2.24, 2.45) is 0 Å². The van der Waals surface area contributed by atoms with E-state index in [0.717, 1.165) is 13.1 Å². The van der Waals surface area contributed by atoms with Crippen molar-refractivity contribution in [3.8, 4) is 0 Å². The first-order chi connectivity index (χ1) is 12.1. The topological polar surface area (TPSA) is 9.72 Å². The normalized spacial score (nSPS) is 18.8. The van der Waals surface area contributed by atoms with Crippen LogP contribution in [-0.4, -0.2) is 55.0 Å². The quantitative estimate of drug-likeness (QED) is 0.352. The Morgan fingerprint density at radius 3 is 1.19 bits per heavy atom. The summed E-state index contributed by atoms with van der Waals surface area (Å²) in [6, 6.07) is 0.864. The summed E-state index contributed by atoms with van der Waals surface area (Å²) >= 11 is 0. The molecular weight excluding hydrogens is 369 g/mol. The molecule has 0 aromatic carbocycles. The van der Waals surface area contributed by atoms with Crippen LogP contribution in [0.25, 0.3) is 0 Å². The molecule has 2 aliphatic carbocycles. The Hall–Kier alpha value is -0.296. The molecule has 0 saturated carbocycles. The van der Waals surface area contributed by atoms with Crippen LogP contribution in [0.5, 0.6) is 0 Å². The molecule has 0 amide bonds. The van der Waals surface area contributed by atoms with E-state index in [4.69, 9.17) is 0 Å². The summed E-state index contributed by atoms with van der Waals surface area (Å²) in [6.07, 6.45) is 18.5. The van der Waals surface area contributed by atoms with Crippen LogP contribution < -0.4 is 0 Å². The molecule has 2 aliphatic rings. The van der Waals surface area contributed by atoms with E-state index in [9.17, 15) is 0 Å². The zero-order valence-corrected chi connectivity index (χ0v) is 20.9. The molecule has 0 radical (unpaired) electrons. The lowest BCUT2D eigenvalue weighted by Gasteiger charge is -2.55. The van der Waals surface area contributed by atoms with Crippen molar-refractivity contribution in [1.82, 2.24) is 13.3 Å². The molecule has 0 aliphatic heterocycles. The second-order valence-corrected chi connectivity index (χ2v) is 21.3. The van der Waals surface area contributed by atoms with Gasteiger partial charge in [-0.25, -0.2) is 0 Å². The molecular formula is C20H38N3PSi2. The maximum absolute atomic E-state index is 2.91. The lowest BCUT2D eigenvalue weighted by atomic mass is 10.4. The average Bonchev–Trinajstić information content (AvgIpc) is 3.19. The zero-order chi connectivity index (χ0) is 19.5. The second kappa shape index (κ2) is 8.81. The van der Waals surface area contributed by atoms with Gasteiger partial charge in [0.05, 0.1) is 0 Å². The van der Waals surface area contributed by atoms with Crippen LogP contribution in [-0.2, 0) is 0 Å². The SMILES string of the molecule is CCN(CC)P(N(C1C=CC=C1)[Si](C)(C)C)N(C1C=CC=C1)[Si](C)(C)C. The molecule has 0 atom stereocenters. The minimum atomic E-state index is -1.55. The van der Waals surface area contributed by atoms with E-state index < -0.39 is 24.8 Å². The largest absolute Gasteiger partial charge is 0.270 e. The van der Waals surface area contributed by atoms with Gasteiger partial charge < -0.3 is 0 Å². The standard InChI is InChI=1S/C20H38N3PSi2/c1-9-21(10-2)24(22(25(3,4)5)19-15-11-12-16-19)23(26(6,7)8)20-17-13-14-18-20/h11-20H,9-10H2,1-8H3. The van der Waals surface area contributed by atoms with Gasteiger partial charge in [0, 0.05) is 25.2 Å². The number of hydrogen-bond donors (Lipinski definition) is 0.